The molecule has 0 aromatic heterocycles. The standard InChI is InChI=1S/C11H22NO6/c1-2-15-9-10-18-11(14)12-3-5-16-7-8-17-6-4-13/h13H,1-10H2,(H,12,14). The molecule has 0 spiro atoms. The highest BCUT2D eigenvalue weighted by atomic mass is 16.6. The van der Waals surface area contributed by atoms with E-state index in [0.29, 0.717) is 46.2 Å². The Balaban J connectivity index is 3.10. The Morgan fingerprint density at radius 1 is 1.00 bits per heavy atom. The average molecular weight is 264 g/mol. The van der Waals surface area contributed by atoms with E-state index in [-0.39, 0.29) is 13.2 Å². The average Bonchev–Trinajstić information content (AvgIpc) is 2.38. The monoisotopic (exact) mass is 264 g/mol. The summed E-state index contributed by atoms with van der Waals surface area (Å²) >= 11 is 0. The molecule has 107 valence electrons. The molecule has 0 fully saturated rings. The molecule has 0 bridgehead atoms. The third-order valence-electron chi connectivity index (χ3n) is 1.73. The van der Waals surface area contributed by atoms with E-state index in [1.54, 1.807) is 0 Å². The highest BCUT2D eigenvalue weighted by Gasteiger charge is 2.00. The first kappa shape index (κ1) is 17.1. The SMILES string of the molecule is [CH2]COCCOC(=O)NCCOCCOCCO. The van der Waals surface area contributed by atoms with Gasteiger partial charge in [0.25, 0.3) is 0 Å². The molecule has 18 heavy (non-hydrogen) atoms. The summed E-state index contributed by atoms with van der Waals surface area (Å²) in [5.74, 6) is 0. The van der Waals surface area contributed by atoms with Crippen molar-refractivity contribution in [1.82, 2.24) is 5.32 Å². The Labute approximate surface area is 107 Å². The fourth-order valence-corrected chi connectivity index (χ4v) is 0.958. The van der Waals surface area contributed by atoms with Crippen molar-refractivity contribution in [1.29, 1.82) is 0 Å². The van der Waals surface area contributed by atoms with Crippen LogP contribution < -0.4 is 5.32 Å². The molecule has 0 atom stereocenters. The number of carbonyl (C=O) groups excluding carboxylic acids is 1. The number of alkyl carbamates (subject to hydrolysis) is 1. The van der Waals surface area contributed by atoms with Crippen molar-refractivity contribution in [3.05, 3.63) is 6.92 Å². The van der Waals surface area contributed by atoms with Crippen molar-refractivity contribution in [3.8, 4) is 0 Å². The van der Waals surface area contributed by atoms with Crippen LogP contribution >= 0.6 is 0 Å². The molecule has 7 nitrogen and oxygen atoms in total. The molecule has 0 aliphatic rings. The molecule has 0 aliphatic heterocycles. The first-order valence-corrected chi connectivity index (χ1v) is 5.85. The summed E-state index contributed by atoms with van der Waals surface area (Å²) in [5, 5.41) is 11.0. The largest absolute Gasteiger partial charge is 0.447 e. The van der Waals surface area contributed by atoms with Gasteiger partial charge in [0.15, 0.2) is 0 Å². The van der Waals surface area contributed by atoms with E-state index in [2.05, 4.69) is 12.2 Å². The van der Waals surface area contributed by atoms with Crippen molar-refractivity contribution >= 4 is 6.09 Å². The Kier molecular flexibility index (Phi) is 13.5. The number of amides is 1. The van der Waals surface area contributed by atoms with Crippen LogP contribution in [0.3, 0.4) is 0 Å². The quantitative estimate of drug-likeness (QED) is 0.466. The molecule has 1 radical (unpaired) electrons. The fourth-order valence-electron chi connectivity index (χ4n) is 0.958. The van der Waals surface area contributed by atoms with Crippen LogP contribution in [0, 0.1) is 6.92 Å². The smallest absolute Gasteiger partial charge is 0.407 e. The van der Waals surface area contributed by atoms with Crippen molar-refractivity contribution < 1.29 is 28.8 Å². The molecule has 1 amide bonds. The molecule has 0 rings (SSSR count). The molecule has 0 saturated heterocycles. The second kappa shape index (κ2) is 14.2. The third-order valence-corrected chi connectivity index (χ3v) is 1.73. The van der Waals surface area contributed by atoms with Crippen LogP contribution in [0.25, 0.3) is 0 Å². The first-order valence-electron chi connectivity index (χ1n) is 5.85. The Bertz CT molecular complexity index is 190. The zero-order valence-corrected chi connectivity index (χ0v) is 10.6. The van der Waals surface area contributed by atoms with Crippen molar-refractivity contribution in [2.75, 3.05) is 59.4 Å². The number of rotatable bonds is 12. The lowest BCUT2D eigenvalue weighted by Crippen LogP contribution is -2.29. The summed E-state index contributed by atoms with van der Waals surface area (Å²) in [5.41, 5.74) is 0. The third kappa shape index (κ3) is 13.2. The van der Waals surface area contributed by atoms with E-state index in [0.717, 1.165) is 0 Å². The molecule has 2 N–H and O–H groups in total. The zero-order valence-electron chi connectivity index (χ0n) is 10.6. The van der Waals surface area contributed by atoms with E-state index in [1.165, 1.54) is 0 Å². The normalized spacial score (nSPS) is 10.3. The van der Waals surface area contributed by atoms with Crippen LogP contribution in [-0.2, 0) is 18.9 Å². The van der Waals surface area contributed by atoms with Gasteiger partial charge in [-0.25, -0.2) is 4.79 Å². The predicted molar refractivity (Wildman–Crippen MR) is 64.3 cm³/mol. The highest BCUT2D eigenvalue weighted by molar-refractivity contribution is 5.66. The summed E-state index contributed by atoms with van der Waals surface area (Å²) in [6.07, 6.45) is -0.497. The summed E-state index contributed by atoms with van der Waals surface area (Å²) in [6, 6.07) is 0. The van der Waals surface area contributed by atoms with Crippen molar-refractivity contribution in [3.63, 3.8) is 0 Å². The maximum Gasteiger partial charge on any atom is 0.407 e. The first-order chi connectivity index (χ1) is 8.81. The van der Waals surface area contributed by atoms with Gasteiger partial charge in [-0.2, -0.15) is 0 Å². The van der Waals surface area contributed by atoms with Gasteiger partial charge in [0, 0.05) is 13.2 Å². The second-order valence-electron chi connectivity index (χ2n) is 3.12. The van der Waals surface area contributed by atoms with Crippen molar-refractivity contribution in [2.24, 2.45) is 0 Å². The number of hydrogen-bond acceptors (Lipinski definition) is 6. The summed E-state index contributed by atoms with van der Waals surface area (Å²) < 4.78 is 19.8. The van der Waals surface area contributed by atoms with Gasteiger partial charge >= 0.3 is 6.09 Å². The van der Waals surface area contributed by atoms with Gasteiger partial charge in [-0.05, 0) is 6.92 Å². The van der Waals surface area contributed by atoms with Gasteiger partial charge < -0.3 is 29.4 Å². The molecule has 0 saturated carbocycles. The minimum atomic E-state index is -0.497. The summed E-state index contributed by atoms with van der Waals surface area (Å²) in [6.45, 7) is 6.30. The number of hydrogen-bond donors (Lipinski definition) is 2. The van der Waals surface area contributed by atoms with Gasteiger partial charge in [0.1, 0.15) is 6.61 Å². The van der Waals surface area contributed by atoms with Crippen LogP contribution in [-0.4, -0.2) is 70.6 Å². The lowest BCUT2D eigenvalue weighted by Gasteiger charge is -2.07. The molecule has 7 heteroatoms. The number of aliphatic hydroxyl groups is 1. The summed E-state index contributed by atoms with van der Waals surface area (Å²) in [7, 11) is 0. The van der Waals surface area contributed by atoms with Crippen LogP contribution in [0.4, 0.5) is 4.79 Å². The topological polar surface area (TPSA) is 86.3 Å². The Morgan fingerprint density at radius 3 is 2.33 bits per heavy atom. The maximum absolute atomic E-state index is 11.1. The number of ether oxygens (including phenoxy) is 4. The number of nitrogens with one attached hydrogen (secondary N) is 1. The lowest BCUT2D eigenvalue weighted by molar-refractivity contribution is 0.0333. The number of carbonyl (C=O) groups is 1. The predicted octanol–water partition coefficient (Wildman–Crippen LogP) is -0.411. The lowest BCUT2D eigenvalue weighted by atomic mass is 10.6. The molecule has 0 aliphatic carbocycles. The van der Waals surface area contributed by atoms with Gasteiger partial charge in [-0.15, -0.1) is 0 Å². The van der Waals surface area contributed by atoms with Gasteiger partial charge in [0.2, 0.25) is 0 Å². The van der Waals surface area contributed by atoms with Crippen molar-refractivity contribution in [2.45, 2.75) is 0 Å². The van der Waals surface area contributed by atoms with E-state index < -0.39 is 6.09 Å². The van der Waals surface area contributed by atoms with Gasteiger partial charge in [-0.3, -0.25) is 0 Å². The van der Waals surface area contributed by atoms with Crippen LogP contribution in [0.1, 0.15) is 0 Å². The number of aliphatic hydroxyl groups excluding tert-OH is 1. The maximum atomic E-state index is 11.1. The van der Waals surface area contributed by atoms with E-state index in [1.807, 2.05) is 0 Å². The highest BCUT2D eigenvalue weighted by Crippen LogP contribution is 1.81. The second-order valence-corrected chi connectivity index (χ2v) is 3.12. The van der Waals surface area contributed by atoms with Gasteiger partial charge in [-0.1, -0.05) is 0 Å². The minimum absolute atomic E-state index is 0.00516. The van der Waals surface area contributed by atoms with Crippen LogP contribution in [0.15, 0.2) is 0 Å². The molecule has 0 aromatic rings. The Morgan fingerprint density at radius 2 is 1.67 bits per heavy atom. The zero-order chi connectivity index (χ0) is 13.5. The molecule has 0 aromatic carbocycles. The molecular formula is C11H22NO6. The fraction of sp³-hybridized carbons (Fsp3) is 0.818. The van der Waals surface area contributed by atoms with E-state index in [4.69, 9.17) is 24.1 Å². The van der Waals surface area contributed by atoms with E-state index >= 15 is 0 Å². The minimum Gasteiger partial charge on any atom is -0.447 e. The van der Waals surface area contributed by atoms with Crippen LogP contribution in [0.2, 0.25) is 0 Å². The molecular weight excluding hydrogens is 242 g/mol. The van der Waals surface area contributed by atoms with Gasteiger partial charge in [0.05, 0.1) is 39.6 Å². The Hall–Kier alpha value is -0.890. The summed E-state index contributed by atoms with van der Waals surface area (Å²) in [4.78, 5) is 11.1. The molecule has 0 unspecified atom stereocenters. The van der Waals surface area contributed by atoms with E-state index in [9.17, 15) is 4.79 Å². The van der Waals surface area contributed by atoms with Crippen LogP contribution in [0.5, 0.6) is 0 Å². The molecule has 0 heterocycles.